The summed E-state index contributed by atoms with van der Waals surface area (Å²) in [5.74, 6) is 0.839. The molecule has 0 aliphatic carbocycles. The molecule has 1 amide bonds. The van der Waals surface area contributed by atoms with Gasteiger partial charge in [0.15, 0.2) is 0 Å². The van der Waals surface area contributed by atoms with Gasteiger partial charge in [-0.1, -0.05) is 0 Å². The molecule has 1 aromatic carbocycles. The maximum Gasteiger partial charge on any atom is 0.253 e. The number of methoxy groups -OCH3 is 1. The summed E-state index contributed by atoms with van der Waals surface area (Å²) in [7, 11) is 1.62. The minimum atomic E-state index is 0.0779. The van der Waals surface area contributed by atoms with Gasteiger partial charge in [0, 0.05) is 37.9 Å². The first-order chi connectivity index (χ1) is 11.2. The molecule has 23 heavy (non-hydrogen) atoms. The van der Waals surface area contributed by atoms with E-state index in [9.17, 15) is 4.79 Å². The van der Waals surface area contributed by atoms with Crippen molar-refractivity contribution in [2.45, 2.75) is 6.67 Å². The monoisotopic (exact) mass is 378 g/mol. The molecule has 7 heteroatoms. The topological polar surface area (TPSA) is 50.6 Å². The van der Waals surface area contributed by atoms with E-state index in [0.29, 0.717) is 5.56 Å². The van der Waals surface area contributed by atoms with Crippen molar-refractivity contribution in [3.8, 4) is 5.75 Å². The molecule has 1 aromatic heterocycles. The third kappa shape index (κ3) is 3.92. The van der Waals surface area contributed by atoms with E-state index in [0.717, 1.165) is 43.1 Å². The zero-order valence-corrected chi connectivity index (χ0v) is 14.6. The number of carbonyl (C=O) groups excluding carboxylic acids is 1. The number of rotatable bonds is 4. The number of carbonyl (C=O) groups is 1. The van der Waals surface area contributed by atoms with Gasteiger partial charge in [-0.3, -0.25) is 14.4 Å². The van der Waals surface area contributed by atoms with Gasteiger partial charge in [0.05, 0.1) is 24.4 Å². The van der Waals surface area contributed by atoms with Gasteiger partial charge < -0.3 is 9.64 Å². The fourth-order valence-corrected chi connectivity index (χ4v) is 2.96. The minimum Gasteiger partial charge on any atom is -0.497 e. The van der Waals surface area contributed by atoms with Crippen LogP contribution in [0.5, 0.6) is 5.75 Å². The number of hydrogen-bond acceptors (Lipinski definition) is 4. The molecular formula is C16H19BrN4O2. The lowest BCUT2D eigenvalue weighted by atomic mass is 10.1. The van der Waals surface area contributed by atoms with Crippen LogP contribution in [0, 0.1) is 0 Å². The highest BCUT2D eigenvalue weighted by atomic mass is 79.9. The third-order valence-corrected chi connectivity index (χ3v) is 4.35. The number of nitrogens with zero attached hydrogens (tertiary/aromatic N) is 4. The van der Waals surface area contributed by atoms with Gasteiger partial charge in [0.25, 0.3) is 5.91 Å². The molecule has 0 atom stereocenters. The third-order valence-electron chi connectivity index (χ3n) is 3.94. The van der Waals surface area contributed by atoms with Crippen LogP contribution in [0.15, 0.2) is 41.1 Å². The van der Waals surface area contributed by atoms with Crippen LogP contribution in [-0.4, -0.2) is 58.8 Å². The van der Waals surface area contributed by atoms with Gasteiger partial charge in [0.2, 0.25) is 0 Å². The molecule has 0 radical (unpaired) electrons. The van der Waals surface area contributed by atoms with Crippen molar-refractivity contribution in [3.63, 3.8) is 0 Å². The fourth-order valence-electron chi connectivity index (χ4n) is 2.63. The number of amides is 1. The summed E-state index contributed by atoms with van der Waals surface area (Å²) in [5, 5.41) is 4.26. The normalized spacial score (nSPS) is 15.7. The van der Waals surface area contributed by atoms with Crippen LogP contribution in [0.2, 0.25) is 0 Å². The highest BCUT2D eigenvalue weighted by molar-refractivity contribution is 9.10. The smallest absolute Gasteiger partial charge is 0.253 e. The summed E-state index contributed by atoms with van der Waals surface area (Å²) >= 11 is 3.40. The van der Waals surface area contributed by atoms with Crippen molar-refractivity contribution >= 4 is 21.8 Å². The summed E-state index contributed by atoms with van der Waals surface area (Å²) in [6.45, 7) is 3.90. The van der Waals surface area contributed by atoms with Crippen molar-refractivity contribution in [1.29, 1.82) is 0 Å². The molecule has 1 aliphatic rings. The molecule has 0 unspecified atom stereocenters. The first kappa shape index (κ1) is 16.0. The van der Waals surface area contributed by atoms with E-state index in [1.54, 1.807) is 13.3 Å². The highest BCUT2D eigenvalue weighted by Gasteiger charge is 2.22. The van der Waals surface area contributed by atoms with E-state index in [1.807, 2.05) is 40.0 Å². The summed E-state index contributed by atoms with van der Waals surface area (Å²) in [5.41, 5.74) is 0.704. The first-order valence-corrected chi connectivity index (χ1v) is 8.28. The van der Waals surface area contributed by atoms with Crippen LogP contribution in [0.1, 0.15) is 10.4 Å². The predicted octanol–water partition coefficient (Wildman–Crippen LogP) is 2.07. The summed E-state index contributed by atoms with van der Waals surface area (Å²) < 4.78 is 8.00. The molecule has 2 heterocycles. The average Bonchev–Trinajstić information content (AvgIpc) is 3.00. The second-order valence-corrected chi connectivity index (χ2v) is 6.39. The Morgan fingerprint density at radius 3 is 2.48 bits per heavy atom. The number of aromatic nitrogens is 2. The molecule has 1 aliphatic heterocycles. The first-order valence-electron chi connectivity index (χ1n) is 7.49. The highest BCUT2D eigenvalue weighted by Crippen LogP contribution is 2.15. The Bertz CT molecular complexity index is 663. The predicted molar refractivity (Wildman–Crippen MR) is 90.4 cm³/mol. The molecule has 1 saturated heterocycles. The van der Waals surface area contributed by atoms with E-state index in [1.165, 1.54) is 0 Å². The van der Waals surface area contributed by atoms with Crippen LogP contribution in [0.4, 0.5) is 0 Å². The summed E-state index contributed by atoms with van der Waals surface area (Å²) in [6.07, 6.45) is 3.73. The Balaban J connectivity index is 1.54. The van der Waals surface area contributed by atoms with Crippen LogP contribution in [0.25, 0.3) is 0 Å². The minimum absolute atomic E-state index is 0.0779. The van der Waals surface area contributed by atoms with Crippen LogP contribution in [-0.2, 0) is 6.67 Å². The number of hydrogen-bond donors (Lipinski definition) is 0. The van der Waals surface area contributed by atoms with Crippen molar-refractivity contribution in [2.24, 2.45) is 0 Å². The number of piperazine rings is 1. The van der Waals surface area contributed by atoms with Crippen molar-refractivity contribution in [3.05, 3.63) is 46.7 Å². The van der Waals surface area contributed by atoms with E-state index in [-0.39, 0.29) is 5.91 Å². The quantitative estimate of drug-likeness (QED) is 0.816. The van der Waals surface area contributed by atoms with E-state index >= 15 is 0 Å². The number of benzene rings is 1. The largest absolute Gasteiger partial charge is 0.497 e. The van der Waals surface area contributed by atoms with Crippen LogP contribution in [0.3, 0.4) is 0 Å². The maximum atomic E-state index is 12.5. The van der Waals surface area contributed by atoms with Gasteiger partial charge in [-0.25, -0.2) is 0 Å². The molecule has 3 rings (SSSR count). The maximum absolute atomic E-state index is 12.5. The van der Waals surface area contributed by atoms with Gasteiger partial charge >= 0.3 is 0 Å². The molecule has 1 fully saturated rings. The van der Waals surface area contributed by atoms with Crippen molar-refractivity contribution in [2.75, 3.05) is 33.3 Å². The van der Waals surface area contributed by atoms with Crippen LogP contribution < -0.4 is 4.74 Å². The lowest BCUT2D eigenvalue weighted by Gasteiger charge is -2.34. The summed E-state index contributed by atoms with van der Waals surface area (Å²) in [4.78, 5) is 16.7. The molecule has 0 spiro atoms. The fraction of sp³-hybridized carbons (Fsp3) is 0.375. The molecular weight excluding hydrogens is 360 g/mol. The van der Waals surface area contributed by atoms with Gasteiger partial charge in [0.1, 0.15) is 5.75 Å². The van der Waals surface area contributed by atoms with Crippen LogP contribution >= 0.6 is 15.9 Å². The molecule has 6 nitrogen and oxygen atoms in total. The number of ether oxygens (including phenoxy) is 1. The Morgan fingerprint density at radius 2 is 1.91 bits per heavy atom. The molecule has 0 saturated carbocycles. The van der Waals surface area contributed by atoms with Gasteiger partial charge in [-0.15, -0.1) is 0 Å². The zero-order chi connectivity index (χ0) is 16.2. The molecule has 2 aromatic rings. The molecule has 0 bridgehead atoms. The Kier molecular flexibility index (Phi) is 4.97. The lowest BCUT2D eigenvalue weighted by Crippen LogP contribution is -2.49. The van der Waals surface area contributed by atoms with E-state index in [4.69, 9.17) is 4.74 Å². The van der Waals surface area contributed by atoms with Crippen molar-refractivity contribution in [1.82, 2.24) is 19.6 Å². The molecule has 122 valence electrons. The van der Waals surface area contributed by atoms with E-state index in [2.05, 4.69) is 25.9 Å². The Labute approximate surface area is 143 Å². The zero-order valence-electron chi connectivity index (χ0n) is 13.0. The standard InChI is InChI=1S/C16H19BrN4O2/c1-23-15-4-2-13(3-5-15)16(22)20-8-6-19(7-9-20)12-21-11-14(17)10-18-21/h2-5,10-11H,6-9,12H2,1H3. The SMILES string of the molecule is COc1ccc(C(=O)N2CCN(Cn3cc(Br)cn3)CC2)cc1. The molecule has 0 N–H and O–H groups in total. The van der Waals surface area contributed by atoms with Crippen molar-refractivity contribution < 1.29 is 9.53 Å². The van der Waals surface area contributed by atoms with E-state index < -0.39 is 0 Å². The van der Waals surface area contributed by atoms with Gasteiger partial charge in [-0.05, 0) is 40.2 Å². The average molecular weight is 379 g/mol. The Morgan fingerprint density at radius 1 is 1.22 bits per heavy atom. The second-order valence-electron chi connectivity index (χ2n) is 5.48. The summed E-state index contributed by atoms with van der Waals surface area (Å²) in [6, 6.07) is 7.27. The Hall–Kier alpha value is -1.86. The van der Waals surface area contributed by atoms with Gasteiger partial charge in [-0.2, -0.15) is 5.10 Å². The number of halogens is 1. The lowest BCUT2D eigenvalue weighted by molar-refractivity contribution is 0.0586. The second kappa shape index (κ2) is 7.14.